The van der Waals surface area contributed by atoms with E-state index in [2.05, 4.69) is 37.7 Å². The summed E-state index contributed by atoms with van der Waals surface area (Å²) in [5.74, 6) is -0.202. The van der Waals surface area contributed by atoms with E-state index in [9.17, 15) is 4.39 Å². The number of likely N-dealkylation sites (N-methyl/N-ethyl adjacent to an activating group) is 2. The van der Waals surface area contributed by atoms with Crippen molar-refractivity contribution in [3.05, 3.63) is 35.6 Å². The summed E-state index contributed by atoms with van der Waals surface area (Å²) < 4.78 is 13.4. The minimum absolute atomic E-state index is 0.0654. The molecule has 0 fully saturated rings. The topological polar surface area (TPSA) is 32.5 Å². The van der Waals surface area contributed by atoms with E-state index < -0.39 is 0 Å². The lowest BCUT2D eigenvalue weighted by molar-refractivity contribution is 0.131. The van der Waals surface area contributed by atoms with Gasteiger partial charge in [0.05, 0.1) is 0 Å². The maximum absolute atomic E-state index is 13.4. The molecule has 0 saturated heterocycles. The monoisotopic (exact) mass is 267 g/mol. The largest absolute Gasteiger partial charge is 0.329 e. The first-order valence-electron chi connectivity index (χ1n) is 6.85. The highest BCUT2D eigenvalue weighted by Crippen LogP contribution is 2.22. The Morgan fingerprint density at radius 2 is 2.00 bits per heavy atom. The fraction of sp³-hybridized carbons (Fsp3) is 0.600. The molecule has 2 unspecified atom stereocenters. The van der Waals surface area contributed by atoms with Gasteiger partial charge >= 0.3 is 0 Å². The van der Waals surface area contributed by atoms with Crippen molar-refractivity contribution < 1.29 is 4.39 Å². The summed E-state index contributed by atoms with van der Waals surface area (Å²) in [6.45, 7) is 6.65. The van der Waals surface area contributed by atoms with Crippen LogP contribution in [-0.4, -0.2) is 49.6 Å². The van der Waals surface area contributed by atoms with Crippen molar-refractivity contribution in [1.29, 1.82) is 0 Å². The average Bonchev–Trinajstić information content (AvgIpc) is 2.34. The Hall–Kier alpha value is -0.970. The Morgan fingerprint density at radius 1 is 1.32 bits per heavy atom. The highest BCUT2D eigenvalue weighted by molar-refractivity contribution is 5.21. The molecule has 19 heavy (non-hydrogen) atoms. The molecule has 0 radical (unpaired) electrons. The SMILES string of the molecule is CCN(C(C)CN(C)C)C(CN)c1cccc(F)c1. The summed E-state index contributed by atoms with van der Waals surface area (Å²) in [5, 5.41) is 0. The van der Waals surface area contributed by atoms with E-state index in [4.69, 9.17) is 5.73 Å². The predicted octanol–water partition coefficient (Wildman–Crippen LogP) is 2.10. The molecular formula is C15H26FN3. The van der Waals surface area contributed by atoms with Gasteiger partial charge in [-0.3, -0.25) is 4.90 Å². The maximum atomic E-state index is 13.4. The van der Waals surface area contributed by atoms with Gasteiger partial charge in [-0.25, -0.2) is 4.39 Å². The van der Waals surface area contributed by atoms with E-state index in [0.29, 0.717) is 12.6 Å². The Balaban J connectivity index is 2.92. The van der Waals surface area contributed by atoms with Crippen molar-refractivity contribution in [2.45, 2.75) is 25.9 Å². The van der Waals surface area contributed by atoms with Gasteiger partial charge in [0, 0.05) is 25.2 Å². The lowest BCUT2D eigenvalue weighted by Crippen LogP contribution is -2.44. The number of rotatable bonds is 7. The fourth-order valence-electron chi connectivity index (χ4n) is 2.65. The lowest BCUT2D eigenvalue weighted by atomic mass is 10.0. The minimum Gasteiger partial charge on any atom is -0.329 e. The average molecular weight is 267 g/mol. The van der Waals surface area contributed by atoms with Crippen molar-refractivity contribution >= 4 is 0 Å². The molecule has 0 heterocycles. The second kappa shape index (κ2) is 7.58. The van der Waals surface area contributed by atoms with Gasteiger partial charge in [-0.15, -0.1) is 0 Å². The smallest absolute Gasteiger partial charge is 0.123 e. The fourth-order valence-corrected chi connectivity index (χ4v) is 2.65. The Kier molecular flexibility index (Phi) is 6.42. The standard InChI is InChI=1S/C15H26FN3/c1-5-19(12(2)11-18(3)4)15(10-17)13-7-6-8-14(16)9-13/h6-9,12,15H,5,10-11,17H2,1-4H3. The second-order valence-electron chi connectivity index (χ2n) is 5.25. The zero-order valence-electron chi connectivity index (χ0n) is 12.4. The van der Waals surface area contributed by atoms with Crippen LogP contribution in [0.5, 0.6) is 0 Å². The third-order valence-corrected chi connectivity index (χ3v) is 3.42. The van der Waals surface area contributed by atoms with Gasteiger partial charge in [0.2, 0.25) is 0 Å². The third kappa shape index (κ3) is 4.56. The molecule has 0 saturated carbocycles. The molecule has 108 valence electrons. The number of hydrogen-bond donors (Lipinski definition) is 1. The highest BCUT2D eigenvalue weighted by Gasteiger charge is 2.23. The maximum Gasteiger partial charge on any atom is 0.123 e. The first-order chi connectivity index (χ1) is 8.99. The molecule has 0 amide bonds. The molecule has 0 aliphatic rings. The predicted molar refractivity (Wildman–Crippen MR) is 78.6 cm³/mol. The molecule has 0 aliphatic heterocycles. The van der Waals surface area contributed by atoms with Crippen molar-refractivity contribution in [2.75, 3.05) is 33.7 Å². The molecule has 0 spiro atoms. The van der Waals surface area contributed by atoms with Crippen LogP contribution < -0.4 is 5.73 Å². The summed E-state index contributed by atoms with van der Waals surface area (Å²) in [6, 6.07) is 7.19. The van der Waals surface area contributed by atoms with Gasteiger partial charge in [0.1, 0.15) is 5.82 Å². The lowest BCUT2D eigenvalue weighted by Gasteiger charge is -2.36. The van der Waals surface area contributed by atoms with E-state index in [0.717, 1.165) is 18.7 Å². The van der Waals surface area contributed by atoms with Gasteiger partial charge in [0.15, 0.2) is 0 Å². The molecule has 4 heteroatoms. The zero-order chi connectivity index (χ0) is 14.4. The van der Waals surface area contributed by atoms with Crippen LogP contribution in [0.2, 0.25) is 0 Å². The minimum atomic E-state index is -0.202. The van der Waals surface area contributed by atoms with E-state index >= 15 is 0 Å². The van der Waals surface area contributed by atoms with Crippen LogP contribution in [-0.2, 0) is 0 Å². The van der Waals surface area contributed by atoms with Crippen molar-refractivity contribution in [1.82, 2.24) is 9.80 Å². The summed E-state index contributed by atoms with van der Waals surface area (Å²) in [7, 11) is 4.12. The van der Waals surface area contributed by atoms with Gasteiger partial charge in [0.25, 0.3) is 0 Å². The van der Waals surface area contributed by atoms with Crippen molar-refractivity contribution in [3.8, 4) is 0 Å². The number of hydrogen-bond acceptors (Lipinski definition) is 3. The van der Waals surface area contributed by atoms with Gasteiger partial charge in [-0.1, -0.05) is 19.1 Å². The molecule has 2 atom stereocenters. The number of halogens is 1. The quantitative estimate of drug-likeness (QED) is 0.821. The van der Waals surface area contributed by atoms with Crippen LogP contribution in [0.25, 0.3) is 0 Å². The van der Waals surface area contributed by atoms with Crippen LogP contribution in [0.15, 0.2) is 24.3 Å². The molecule has 2 N–H and O–H groups in total. The first kappa shape index (κ1) is 16.1. The molecule has 1 rings (SSSR count). The normalized spacial score (nSPS) is 14.9. The van der Waals surface area contributed by atoms with Crippen LogP contribution in [0, 0.1) is 5.82 Å². The Labute approximate surface area is 116 Å². The summed E-state index contributed by atoms with van der Waals surface area (Å²) in [4.78, 5) is 4.49. The van der Waals surface area contributed by atoms with Crippen LogP contribution in [0.3, 0.4) is 0 Å². The van der Waals surface area contributed by atoms with Crippen molar-refractivity contribution in [3.63, 3.8) is 0 Å². The van der Waals surface area contributed by atoms with Gasteiger partial charge < -0.3 is 10.6 Å². The zero-order valence-corrected chi connectivity index (χ0v) is 12.4. The van der Waals surface area contributed by atoms with E-state index in [1.807, 2.05) is 6.07 Å². The van der Waals surface area contributed by atoms with Crippen LogP contribution in [0.4, 0.5) is 4.39 Å². The van der Waals surface area contributed by atoms with Gasteiger partial charge in [-0.05, 0) is 45.3 Å². The summed E-state index contributed by atoms with van der Waals surface area (Å²) in [6.07, 6.45) is 0. The number of nitrogens with two attached hydrogens (primary N) is 1. The molecule has 0 aromatic heterocycles. The van der Waals surface area contributed by atoms with Gasteiger partial charge in [-0.2, -0.15) is 0 Å². The van der Waals surface area contributed by atoms with E-state index in [-0.39, 0.29) is 11.9 Å². The molecular weight excluding hydrogens is 241 g/mol. The van der Waals surface area contributed by atoms with E-state index in [1.165, 1.54) is 6.07 Å². The molecule has 1 aromatic carbocycles. The molecule has 0 aliphatic carbocycles. The highest BCUT2D eigenvalue weighted by atomic mass is 19.1. The number of nitrogens with zero attached hydrogens (tertiary/aromatic N) is 2. The Morgan fingerprint density at radius 3 is 2.47 bits per heavy atom. The molecule has 0 bridgehead atoms. The Bertz CT molecular complexity index is 381. The first-order valence-corrected chi connectivity index (χ1v) is 6.85. The van der Waals surface area contributed by atoms with Crippen molar-refractivity contribution in [2.24, 2.45) is 5.73 Å². The summed E-state index contributed by atoms with van der Waals surface area (Å²) in [5.41, 5.74) is 6.88. The molecule has 1 aromatic rings. The molecule has 3 nitrogen and oxygen atoms in total. The van der Waals surface area contributed by atoms with Crippen LogP contribution >= 0.6 is 0 Å². The third-order valence-electron chi connectivity index (χ3n) is 3.42. The van der Waals surface area contributed by atoms with Crippen LogP contribution in [0.1, 0.15) is 25.5 Å². The summed E-state index contributed by atoms with van der Waals surface area (Å²) >= 11 is 0. The second-order valence-corrected chi connectivity index (χ2v) is 5.25. The van der Waals surface area contributed by atoms with E-state index in [1.54, 1.807) is 12.1 Å². The number of benzene rings is 1.